The molecule has 20 heavy (non-hydrogen) atoms. The number of hydrogen-bond donors (Lipinski definition) is 0. The molecule has 114 valence electrons. The number of carbonyl (C=O) groups is 1. The second-order valence-electron chi connectivity index (χ2n) is 5.78. The van der Waals surface area contributed by atoms with Crippen molar-refractivity contribution in [3.8, 4) is 0 Å². The monoisotopic (exact) mass is 282 g/mol. The molecule has 0 spiro atoms. The van der Waals surface area contributed by atoms with Crippen molar-refractivity contribution in [3.05, 3.63) is 11.6 Å². The van der Waals surface area contributed by atoms with Crippen LogP contribution in [0.3, 0.4) is 0 Å². The van der Waals surface area contributed by atoms with E-state index in [-0.39, 0.29) is 5.97 Å². The molecule has 0 aromatic rings. The van der Waals surface area contributed by atoms with Crippen molar-refractivity contribution in [1.82, 2.24) is 0 Å². The predicted molar refractivity (Wildman–Crippen MR) is 76.2 cm³/mol. The Hall–Kier alpha value is -0.870. The summed E-state index contributed by atoms with van der Waals surface area (Å²) in [4.78, 5) is 11.6. The van der Waals surface area contributed by atoms with Crippen LogP contribution < -0.4 is 0 Å². The Bertz CT molecular complexity index is 355. The molecule has 0 N–H and O–H groups in total. The van der Waals surface area contributed by atoms with Crippen LogP contribution in [0, 0.1) is 5.92 Å². The van der Waals surface area contributed by atoms with E-state index in [1.165, 1.54) is 18.4 Å². The van der Waals surface area contributed by atoms with Gasteiger partial charge >= 0.3 is 5.97 Å². The van der Waals surface area contributed by atoms with Crippen LogP contribution in [0.15, 0.2) is 11.6 Å². The number of ether oxygens (including phenoxy) is 3. The first kappa shape index (κ1) is 15.5. The Morgan fingerprint density at radius 1 is 1.40 bits per heavy atom. The lowest BCUT2D eigenvalue weighted by atomic mass is 9.80. The van der Waals surface area contributed by atoms with E-state index in [9.17, 15) is 4.79 Å². The molecule has 1 heterocycles. The minimum absolute atomic E-state index is 0.200. The van der Waals surface area contributed by atoms with E-state index >= 15 is 0 Å². The SMILES string of the molecule is CCOC(=O)/C=C1/CCCCC1CCC1(C)OCCO1. The van der Waals surface area contributed by atoms with Gasteiger partial charge in [0, 0.05) is 12.5 Å². The smallest absolute Gasteiger partial charge is 0.330 e. The van der Waals surface area contributed by atoms with Crippen LogP contribution in [-0.4, -0.2) is 31.6 Å². The molecule has 1 aliphatic heterocycles. The molecule has 1 saturated carbocycles. The number of carbonyl (C=O) groups excluding carboxylic acids is 1. The van der Waals surface area contributed by atoms with Gasteiger partial charge in [0.05, 0.1) is 19.8 Å². The maximum atomic E-state index is 11.6. The number of hydrogen-bond acceptors (Lipinski definition) is 4. The zero-order valence-corrected chi connectivity index (χ0v) is 12.7. The van der Waals surface area contributed by atoms with Gasteiger partial charge in [0.25, 0.3) is 0 Å². The predicted octanol–water partition coefficient (Wildman–Crippen LogP) is 3.21. The summed E-state index contributed by atoms with van der Waals surface area (Å²) in [6.07, 6.45) is 8.20. The van der Waals surface area contributed by atoms with E-state index in [4.69, 9.17) is 14.2 Å². The maximum Gasteiger partial charge on any atom is 0.330 e. The molecule has 2 aliphatic rings. The highest BCUT2D eigenvalue weighted by molar-refractivity contribution is 5.82. The summed E-state index contributed by atoms with van der Waals surface area (Å²) in [7, 11) is 0. The molecule has 4 heteroatoms. The van der Waals surface area contributed by atoms with Crippen LogP contribution in [0.1, 0.15) is 52.4 Å². The zero-order valence-electron chi connectivity index (χ0n) is 12.7. The first-order chi connectivity index (χ1) is 9.63. The van der Waals surface area contributed by atoms with Gasteiger partial charge in [-0.05, 0) is 45.4 Å². The van der Waals surface area contributed by atoms with Gasteiger partial charge in [0.15, 0.2) is 5.79 Å². The van der Waals surface area contributed by atoms with Crippen LogP contribution >= 0.6 is 0 Å². The number of esters is 1. The molecule has 0 amide bonds. The van der Waals surface area contributed by atoms with Crippen molar-refractivity contribution in [2.75, 3.05) is 19.8 Å². The fourth-order valence-electron chi connectivity index (χ4n) is 3.10. The van der Waals surface area contributed by atoms with Gasteiger partial charge in [-0.25, -0.2) is 4.79 Å². The second-order valence-corrected chi connectivity index (χ2v) is 5.78. The van der Waals surface area contributed by atoms with Gasteiger partial charge in [-0.15, -0.1) is 0 Å². The summed E-state index contributed by atoms with van der Waals surface area (Å²) < 4.78 is 16.3. The summed E-state index contributed by atoms with van der Waals surface area (Å²) >= 11 is 0. The minimum Gasteiger partial charge on any atom is -0.463 e. The second kappa shape index (κ2) is 7.23. The molecule has 0 aromatic heterocycles. The summed E-state index contributed by atoms with van der Waals surface area (Å²) in [6, 6.07) is 0. The summed E-state index contributed by atoms with van der Waals surface area (Å²) in [6.45, 7) is 5.66. The topological polar surface area (TPSA) is 44.8 Å². The molecule has 1 saturated heterocycles. The van der Waals surface area contributed by atoms with Crippen LogP contribution in [-0.2, 0) is 19.0 Å². The number of allylic oxidation sites excluding steroid dienone is 1. The third-order valence-corrected chi connectivity index (χ3v) is 4.23. The highest BCUT2D eigenvalue weighted by Crippen LogP contribution is 2.35. The Morgan fingerprint density at radius 2 is 2.15 bits per heavy atom. The Labute approximate surface area is 121 Å². The lowest BCUT2D eigenvalue weighted by molar-refractivity contribution is -0.148. The van der Waals surface area contributed by atoms with E-state index in [1.807, 2.05) is 13.8 Å². The zero-order chi connectivity index (χ0) is 14.4. The molecule has 0 bridgehead atoms. The summed E-state index contributed by atoms with van der Waals surface area (Å²) in [5.41, 5.74) is 1.25. The quantitative estimate of drug-likeness (QED) is 0.574. The van der Waals surface area contributed by atoms with Crippen LogP contribution in [0.25, 0.3) is 0 Å². The summed E-state index contributed by atoms with van der Waals surface area (Å²) in [5, 5.41) is 0. The van der Waals surface area contributed by atoms with Crippen LogP contribution in [0.2, 0.25) is 0 Å². The highest BCUT2D eigenvalue weighted by atomic mass is 16.7. The van der Waals surface area contributed by atoms with Gasteiger partial charge < -0.3 is 14.2 Å². The average Bonchev–Trinajstić information content (AvgIpc) is 2.85. The van der Waals surface area contributed by atoms with Crippen LogP contribution in [0.5, 0.6) is 0 Å². The van der Waals surface area contributed by atoms with Gasteiger partial charge in [0.1, 0.15) is 0 Å². The van der Waals surface area contributed by atoms with Crippen molar-refractivity contribution in [2.45, 2.75) is 58.2 Å². The van der Waals surface area contributed by atoms with Crippen molar-refractivity contribution >= 4 is 5.97 Å². The van der Waals surface area contributed by atoms with Gasteiger partial charge in [-0.3, -0.25) is 0 Å². The van der Waals surface area contributed by atoms with Crippen molar-refractivity contribution in [3.63, 3.8) is 0 Å². The lowest BCUT2D eigenvalue weighted by Crippen LogP contribution is -2.27. The molecule has 2 rings (SSSR count). The highest BCUT2D eigenvalue weighted by Gasteiger charge is 2.32. The molecule has 1 aliphatic carbocycles. The van der Waals surface area contributed by atoms with E-state index in [2.05, 4.69) is 0 Å². The third-order valence-electron chi connectivity index (χ3n) is 4.23. The van der Waals surface area contributed by atoms with Gasteiger partial charge in [0.2, 0.25) is 0 Å². The summed E-state index contributed by atoms with van der Waals surface area (Å²) in [5.74, 6) is -0.154. The van der Waals surface area contributed by atoms with Crippen molar-refractivity contribution < 1.29 is 19.0 Å². The van der Waals surface area contributed by atoms with Crippen LogP contribution in [0.4, 0.5) is 0 Å². The fourth-order valence-corrected chi connectivity index (χ4v) is 3.10. The first-order valence-electron chi connectivity index (χ1n) is 7.78. The molecule has 0 aromatic carbocycles. The van der Waals surface area contributed by atoms with Gasteiger partial charge in [-0.2, -0.15) is 0 Å². The fraction of sp³-hybridized carbons (Fsp3) is 0.812. The Balaban J connectivity index is 1.91. The average molecular weight is 282 g/mol. The molecule has 4 nitrogen and oxygen atoms in total. The molecular weight excluding hydrogens is 256 g/mol. The third kappa shape index (κ3) is 4.32. The first-order valence-corrected chi connectivity index (χ1v) is 7.78. The largest absolute Gasteiger partial charge is 0.463 e. The molecule has 0 radical (unpaired) electrons. The van der Waals surface area contributed by atoms with E-state index < -0.39 is 5.79 Å². The Morgan fingerprint density at radius 3 is 2.85 bits per heavy atom. The Kier molecular flexibility index (Phi) is 5.61. The van der Waals surface area contributed by atoms with E-state index in [0.29, 0.717) is 25.7 Å². The maximum absolute atomic E-state index is 11.6. The lowest BCUT2D eigenvalue weighted by Gasteiger charge is -2.29. The van der Waals surface area contributed by atoms with E-state index in [0.717, 1.165) is 25.7 Å². The molecule has 1 atom stereocenters. The standard InChI is InChI=1S/C16H26O4/c1-3-18-15(17)12-14-7-5-4-6-13(14)8-9-16(2)19-10-11-20-16/h12-13H,3-11H2,1-2H3/b14-12-. The molecule has 2 fully saturated rings. The molecule has 1 unspecified atom stereocenters. The van der Waals surface area contributed by atoms with Crippen molar-refractivity contribution in [2.24, 2.45) is 5.92 Å². The number of rotatable bonds is 5. The molecular formula is C16H26O4. The van der Waals surface area contributed by atoms with Gasteiger partial charge in [-0.1, -0.05) is 12.0 Å². The normalized spacial score (nSPS) is 27.7. The minimum atomic E-state index is -0.424. The van der Waals surface area contributed by atoms with Crippen molar-refractivity contribution in [1.29, 1.82) is 0 Å². The van der Waals surface area contributed by atoms with E-state index in [1.54, 1.807) is 6.08 Å².